The van der Waals surface area contributed by atoms with Gasteiger partial charge in [-0.3, -0.25) is 4.98 Å². The fraction of sp³-hybridized carbons (Fsp3) is 0. The second kappa shape index (κ2) is 12.6. The molecule has 234 valence electrons. The number of hydrogen-bond acceptors (Lipinski definition) is 5. The van der Waals surface area contributed by atoms with Gasteiger partial charge in [0.15, 0.2) is 5.82 Å². The minimum atomic E-state index is 0.645. The maximum atomic E-state index is 5.15. The first-order valence-corrected chi connectivity index (χ1v) is 16.6. The average Bonchev–Trinajstić information content (AvgIpc) is 3.21. The minimum Gasteiger partial charge on any atom is -0.255 e. The summed E-state index contributed by atoms with van der Waals surface area (Å²) >= 11 is 0. The van der Waals surface area contributed by atoms with Crippen molar-refractivity contribution in [1.82, 2.24) is 24.9 Å². The van der Waals surface area contributed by atoms with E-state index < -0.39 is 0 Å². The SMILES string of the molecule is c1ccc(-c2ccc(-c3cc(-c4cc(-c5cccc(-c6nc7ccccc7c7ccccc67)n5)ccn4)nc(-c4ccccc4)n3)cc2)cc1. The Morgan fingerprint density at radius 3 is 1.72 bits per heavy atom. The lowest BCUT2D eigenvalue weighted by molar-refractivity contribution is 1.16. The Morgan fingerprint density at radius 1 is 0.300 bits per heavy atom. The molecule has 4 heterocycles. The Bertz CT molecular complexity index is 2640. The molecule has 0 aliphatic carbocycles. The Kier molecular flexibility index (Phi) is 7.41. The molecule has 0 unspecified atom stereocenters. The largest absolute Gasteiger partial charge is 0.255 e. The van der Waals surface area contributed by atoms with Gasteiger partial charge in [-0.15, -0.1) is 0 Å². The van der Waals surface area contributed by atoms with Gasteiger partial charge in [-0.1, -0.05) is 133 Å². The van der Waals surface area contributed by atoms with Crippen molar-refractivity contribution in [1.29, 1.82) is 0 Å². The fourth-order valence-electron chi connectivity index (χ4n) is 6.46. The average molecular weight is 640 g/mol. The predicted molar refractivity (Wildman–Crippen MR) is 203 cm³/mol. The minimum absolute atomic E-state index is 0.645. The number of para-hydroxylation sites is 1. The highest BCUT2D eigenvalue weighted by atomic mass is 14.9. The lowest BCUT2D eigenvalue weighted by atomic mass is 10.0. The molecule has 4 aromatic heterocycles. The number of fused-ring (bicyclic) bond motifs is 3. The smallest absolute Gasteiger partial charge is 0.160 e. The number of aromatic nitrogens is 5. The second-order valence-corrected chi connectivity index (χ2v) is 12.1. The highest BCUT2D eigenvalue weighted by molar-refractivity contribution is 6.10. The summed E-state index contributed by atoms with van der Waals surface area (Å²) in [6.07, 6.45) is 1.82. The van der Waals surface area contributed by atoms with Crippen molar-refractivity contribution < 1.29 is 0 Å². The van der Waals surface area contributed by atoms with Gasteiger partial charge in [-0.25, -0.2) is 19.9 Å². The number of rotatable bonds is 6. The van der Waals surface area contributed by atoms with E-state index in [0.29, 0.717) is 5.82 Å². The first kappa shape index (κ1) is 29.3. The van der Waals surface area contributed by atoms with Gasteiger partial charge >= 0.3 is 0 Å². The van der Waals surface area contributed by atoms with Crippen molar-refractivity contribution in [3.63, 3.8) is 0 Å². The molecule has 0 aliphatic heterocycles. The van der Waals surface area contributed by atoms with E-state index in [1.165, 1.54) is 5.56 Å². The summed E-state index contributed by atoms with van der Waals surface area (Å²) < 4.78 is 0. The van der Waals surface area contributed by atoms with Gasteiger partial charge in [-0.05, 0) is 52.9 Å². The van der Waals surface area contributed by atoms with E-state index in [2.05, 4.69) is 97.1 Å². The Balaban J connectivity index is 1.13. The van der Waals surface area contributed by atoms with Crippen LogP contribution in [0.3, 0.4) is 0 Å². The third kappa shape index (κ3) is 5.57. The van der Waals surface area contributed by atoms with Gasteiger partial charge < -0.3 is 0 Å². The second-order valence-electron chi connectivity index (χ2n) is 12.1. The molecule has 0 amide bonds. The third-order valence-electron chi connectivity index (χ3n) is 8.96. The lowest BCUT2D eigenvalue weighted by Gasteiger charge is -2.12. The van der Waals surface area contributed by atoms with E-state index in [1.54, 1.807) is 0 Å². The van der Waals surface area contributed by atoms with Crippen LogP contribution in [0, 0.1) is 0 Å². The number of hydrogen-bond donors (Lipinski definition) is 0. The Hall–Kier alpha value is -6.85. The zero-order valence-electron chi connectivity index (χ0n) is 27.0. The summed E-state index contributed by atoms with van der Waals surface area (Å²) in [4.78, 5) is 25.0. The maximum absolute atomic E-state index is 5.15. The summed E-state index contributed by atoms with van der Waals surface area (Å²) in [6.45, 7) is 0. The molecule has 9 aromatic rings. The highest BCUT2D eigenvalue weighted by Gasteiger charge is 2.15. The van der Waals surface area contributed by atoms with Crippen molar-refractivity contribution in [2.45, 2.75) is 0 Å². The maximum Gasteiger partial charge on any atom is 0.160 e. The van der Waals surface area contributed by atoms with Crippen LogP contribution in [0.1, 0.15) is 0 Å². The molecular weight excluding hydrogens is 611 g/mol. The summed E-state index contributed by atoms with van der Waals surface area (Å²) in [5, 5.41) is 3.37. The zero-order chi connectivity index (χ0) is 33.3. The Morgan fingerprint density at radius 2 is 0.920 bits per heavy atom. The molecule has 0 N–H and O–H groups in total. The topological polar surface area (TPSA) is 64.5 Å². The van der Waals surface area contributed by atoms with Crippen molar-refractivity contribution in [2.75, 3.05) is 0 Å². The van der Waals surface area contributed by atoms with Crippen molar-refractivity contribution in [3.05, 3.63) is 176 Å². The van der Waals surface area contributed by atoms with Crippen molar-refractivity contribution in [2.24, 2.45) is 0 Å². The molecule has 50 heavy (non-hydrogen) atoms. The monoisotopic (exact) mass is 639 g/mol. The summed E-state index contributed by atoms with van der Waals surface area (Å²) in [6, 6.07) is 57.8. The molecule has 5 aromatic carbocycles. The van der Waals surface area contributed by atoms with Crippen LogP contribution < -0.4 is 0 Å². The van der Waals surface area contributed by atoms with Gasteiger partial charge in [-0.2, -0.15) is 0 Å². The summed E-state index contributed by atoms with van der Waals surface area (Å²) in [7, 11) is 0. The molecule has 0 fully saturated rings. The van der Waals surface area contributed by atoms with Crippen LogP contribution in [0.2, 0.25) is 0 Å². The van der Waals surface area contributed by atoms with Crippen LogP contribution >= 0.6 is 0 Å². The number of pyridine rings is 3. The number of benzene rings is 5. The van der Waals surface area contributed by atoms with Gasteiger partial charge in [0.2, 0.25) is 0 Å². The molecule has 0 saturated carbocycles. The molecule has 5 nitrogen and oxygen atoms in total. The first-order chi connectivity index (χ1) is 24.8. The van der Waals surface area contributed by atoms with Gasteiger partial charge in [0.1, 0.15) is 0 Å². The summed E-state index contributed by atoms with van der Waals surface area (Å²) in [5.41, 5.74) is 11.0. The molecule has 0 spiro atoms. The van der Waals surface area contributed by atoms with E-state index in [4.69, 9.17) is 24.9 Å². The van der Waals surface area contributed by atoms with E-state index in [1.807, 2.05) is 79.0 Å². The van der Waals surface area contributed by atoms with Crippen LogP contribution in [0.5, 0.6) is 0 Å². The van der Waals surface area contributed by atoms with Gasteiger partial charge in [0.05, 0.1) is 39.7 Å². The quantitative estimate of drug-likeness (QED) is 0.169. The molecule has 0 aliphatic rings. The molecule has 5 heteroatoms. The van der Waals surface area contributed by atoms with Gasteiger partial charge in [0.25, 0.3) is 0 Å². The van der Waals surface area contributed by atoms with Crippen LogP contribution in [0.4, 0.5) is 0 Å². The van der Waals surface area contributed by atoms with E-state index in [9.17, 15) is 0 Å². The zero-order valence-corrected chi connectivity index (χ0v) is 27.0. The third-order valence-corrected chi connectivity index (χ3v) is 8.96. The fourth-order valence-corrected chi connectivity index (χ4v) is 6.46. The van der Waals surface area contributed by atoms with Crippen LogP contribution in [-0.2, 0) is 0 Å². The molecule has 0 radical (unpaired) electrons. The molecular formula is C45H29N5. The van der Waals surface area contributed by atoms with Crippen LogP contribution in [0.25, 0.3) is 89.5 Å². The van der Waals surface area contributed by atoms with Gasteiger partial charge in [0, 0.05) is 33.7 Å². The first-order valence-electron chi connectivity index (χ1n) is 16.6. The lowest BCUT2D eigenvalue weighted by Crippen LogP contribution is -1.97. The molecule has 0 bridgehead atoms. The standard InChI is InChI=1S/C45H29N5/c1-3-12-30(13-4-1)31-22-24-32(25-23-31)41-29-43(50-45(49-41)33-14-5-2-6-15-33)42-28-34(26-27-46-42)38-20-11-21-40(47-38)44-37-18-8-7-16-35(37)36-17-9-10-19-39(36)48-44/h1-29H. The van der Waals surface area contributed by atoms with Crippen LogP contribution in [-0.4, -0.2) is 24.9 Å². The molecule has 0 atom stereocenters. The highest BCUT2D eigenvalue weighted by Crippen LogP contribution is 2.34. The van der Waals surface area contributed by atoms with E-state index in [-0.39, 0.29) is 0 Å². The van der Waals surface area contributed by atoms with Crippen LogP contribution in [0.15, 0.2) is 176 Å². The normalized spacial score (nSPS) is 11.2. The molecule has 0 saturated heterocycles. The van der Waals surface area contributed by atoms with Crippen molar-refractivity contribution >= 4 is 21.7 Å². The number of nitrogens with zero attached hydrogens (tertiary/aromatic N) is 5. The van der Waals surface area contributed by atoms with E-state index >= 15 is 0 Å². The summed E-state index contributed by atoms with van der Waals surface area (Å²) in [5.74, 6) is 0.645. The van der Waals surface area contributed by atoms with E-state index in [0.717, 1.165) is 78.1 Å². The van der Waals surface area contributed by atoms with Crippen molar-refractivity contribution in [3.8, 4) is 67.8 Å². The predicted octanol–water partition coefficient (Wildman–Crippen LogP) is 11.0. The molecule has 9 rings (SSSR count). The Labute approximate surface area is 289 Å².